The van der Waals surface area contributed by atoms with Crippen LogP contribution in [0.25, 0.3) is 0 Å². The second-order valence-electron chi connectivity index (χ2n) is 7.65. The Morgan fingerprint density at radius 1 is 1.28 bits per heavy atom. The number of carbonyl (C=O) groups is 1. The molecular formula is C15H27NO2. The Bertz CT molecular complexity index is 339. The number of hydrogen-bond acceptors (Lipinski definition) is 2. The zero-order valence-electron chi connectivity index (χ0n) is 12.2. The largest absolute Gasteiger partial charge is 0.481 e. The van der Waals surface area contributed by atoms with Gasteiger partial charge in [0.1, 0.15) is 0 Å². The van der Waals surface area contributed by atoms with Crippen LogP contribution in [0.1, 0.15) is 53.4 Å². The standard InChI is InChI=1S/C15H27NO2/c1-11-7-12(9-14(2,3)8-11)16-6-5-15(4,10-16)13(17)18/h11-12H,5-10H2,1-4H3,(H,17,18). The van der Waals surface area contributed by atoms with Gasteiger partial charge in [-0.25, -0.2) is 0 Å². The highest BCUT2D eigenvalue weighted by Crippen LogP contribution is 2.43. The first-order valence-corrected chi connectivity index (χ1v) is 7.19. The van der Waals surface area contributed by atoms with Crippen molar-refractivity contribution in [1.82, 2.24) is 4.90 Å². The van der Waals surface area contributed by atoms with E-state index in [9.17, 15) is 9.90 Å². The zero-order chi connectivity index (χ0) is 13.6. The van der Waals surface area contributed by atoms with E-state index in [0.717, 1.165) is 25.4 Å². The minimum Gasteiger partial charge on any atom is -0.481 e. The lowest BCUT2D eigenvalue weighted by Gasteiger charge is -2.43. The molecule has 0 amide bonds. The highest BCUT2D eigenvalue weighted by atomic mass is 16.4. The monoisotopic (exact) mass is 253 g/mol. The lowest BCUT2D eigenvalue weighted by atomic mass is 9.70. The van der Waals surface area contributed by atoms with Gasteiger partial charge in [-0.2, -0.15) is 0 Å². The zero-order valence-corrected chi connectivity index (χ0v) is 12.2. The van der Waals surface area contributed by atoms with Crippen LogP contribution < -0.4 is 0 Å². The average molecular weight is 253 g/mol. The maximum atomic E-state index is 11.3. The van der Waals surface area contributed by atoms with Gasteiger partial charge < -0.3 is 5.11 Å². The number of hydrogen-bond donors (Lipinski definition) is 1. The second-order valence-corrected chi connectivity index (χ2v) is 7.65. The minimum atomic E-state index is -0.631. The van der Waals surface area contributed by atoms with E-state index in [1.165, 1.54) is 19.3 Å². The van der Waals surface area contributed by atoms with Crippen molar-refractivity contribution in [3.05, 3.63) is 0 Å². The van der Waals surface area contributed by atoms with Crippen LogP contribution in [-0.2, 0) is 4.79 Å². The second kappa shape index (κ2) is 4.52. The summed E-state index contributed by atoms with van der Waals surface area (Å²) < 4.78 is 0. The minimum absolute atomic E-state index is 0.407. The molecule has 1 aliphatic heterocycles. The molecule has 0 radical (unpaired) electrons. The third kappa shape index (κ3) is 2.71. The Morgan fingerprint density at radius 2 is 1.94 bits per heavy atom. The van der Waals surface area contributed by atoms with Gasteiger partial charge in [-0.1, -0.05) is 20.8 Å². The smallest absolute Gasteiger partial charge is 0.310 e. The summed E-state index contributed by atoms with van der Waals surface area (Å²) in [4.78, 5) is 13.8. The van der Waals surface area contributed by atoms with Crippen LogP contribution in [0.5, 0.6) is 0 Å². The molecule has 0 aromatic rings. The predicted octanol–water partition coefficient (Wildman–Crippen LogP) is 3.00. The van der Waals surface area contributed by atoms with Gasteiger partial charge in [0.2, 0.25) is 0 Å². The Morgan fingerprint density at radius 3 is 2.44 bits per heavy atom. The SMILES string of the molecule is CC1CC(N2CCC(C)(C(=O)O)C2)CC(C)(C)C1. The highest BCUT2D eigenvalue weighted by Gasteiger charge is 2.44. The van der Waals surface area contributed by atoms with Gasteiger partial charge in [-0.15, -0.1) is 0 Å². The van der Waals surface area contributed by atoms with Crippen LogP contribution in [0.15, 0.2) is 0 Å². The molecule has 1 aliphatic carbocycles. The molecule has 0 aromatic heterocycles. The number of rotatable bonds is 2. The summed E-state index contributed by atoms with van der Waals surface area (Å²) >= 11 is 0. The molecule has 2 rings (SSSR count). The number of likely N-dealkylation sites (tertiary alicyclic amines) is 1. The van der Waals surface area contributed by atoms with Gasteiger partial charge in [0.25, 0.3) is 0 Å². The highest BCUT2D eigenvalue weighted by molar-refractivity contribution is 5.74. The summed E-state index contributed by atoms with van der Waals surface area (Å²) in [7, 11) is 0. The van der Waals surface area contributed by atoms with E-state index in [1.54, 1.807) is 0 Å². The summed E-state index contributed by atoms with van der Waals surface area (Å²) in [6.07, 6.45) is 4.55. The van der Waals surface area contributed by atoms with E-state index in [-0.39, 0.29) is 0 Å². The molecule has 2 aliphatic rings. The molecule has 3 unspecified atom stereocenters. The van der Waals surface area contributed by atoms with Crippen molar-refractivity contribution in [2.24, 2.45) is 16.7 Å². The van der Waals surface area contributed by atoms with Crippen LogP contribution in [-0.4, -0.2) is 35.1 Å². The average Bonchev–Trinajstić information content (AvgIpc) is 2.59. The summed E-state index contributed by atoms with van der Waals surface area (Å²) in [5.74, 6) is 0.128. The van der Waals surface area contributed by atoms with E-state index in [2.05, 4.69) is 25.7 Å². The van der Waals surface area contributed by atoms with E-state index >= 15 is 0 Å². The number of aliphatic carboxylic acids is 1. The Balaban J connectivity index is 2.03. The molecule has 1 saturated carbocycles. The van der Waals surface area contributed by atoms with Crippen LogP contribution in [0.4, 0.5) is 0 Å². The number of nitrogens with zero attached hydrogens (tertiary/aromatic N) is 1. The molecule has 2 fully saturated rings. The Kier molecular flexibility index (Phi) is 3.48. The molecule has 104 valence electrons. The van der Waals surface area contributed by atoms with Gasteiger partial charge in [-0.05, 0) is 50.5 Å². The lowest BCUT2D eigenvalue weighted by molar-refractivity contribution is -0.147. The fourth-order valence-electron chi connectivity index (χ4n) is 4.06. The quantitative estimate of drug-likeness (QED) is 0.822. The number of carboxylic acid groups (broad SMARTS) is 1. The van der Waals surface area contributed by atoms with Crippen LogP contribution in [0.3, 0.4) is 0 Å². The van der Waals surface area contributed by atoms with Gasteiger partial charge in [0.15, 0.2) is 0 Å². The molecule has 1 saturated heterocycles. The maximum absolute atomic E-state index is 11.3. The van der Waals surface area contributed by atoms with Crippen LogP contribution >= 0.6 is 0 Å². The summed E-state index contributed by atoms with van der Waals surface area (Å²) in [5, 5.41) is 9.32. The first kappa shape index (κ1) is 13.9. The maximum Gasteiger partial charge on any atom is 0.310 e. The molecule has 3 heteroatoms. The summed E-state index contributed by atoms with van der Waals surface area (Å²) in [6.45, 7) is 10.6. The van der Waals surface area contributed by atoms with Gasteiger partial charge in [-0.3, -0.25) is 9.69 Å². The summed E-state index contributed by atoms with van der Waals surface area (Å²) in [6, 6.07) is 0.588. The van der Waals surface area contributed by atoms with Crippen molar-refractivity contribution in [3.8, 4) is 0 Å². The predicted molar refractivity (Wildman–Crippen MR) is 72.5 cm³/mol. The van der Waals surface area contributed by atoms with Crippen molar-refractivity contribution in [1.29, 1.82) is 0 Å². The van der Waals surface area contributed by atoms with Gasteiger partial charge >= 0.3 is 5.97 Å². The normalized spacial score (nSPS) is 40.9. The van der Waals surface area contributed by atoms with E-state index < -0.39 is 11.4 Å². The van der Waals surface area contributed by atoms with Crippen LogP contribution in [0, 0.1) is 16.7 Å². The topological polar surface area (TPSA) is 40.5 Å². The van der Waals surface area contributed by atoms with Crippen LogP contribution in [0.2, 0.25) is 0 Å². The Hall–Kier alpha value is -0.570. The van der Waals surface area contributed by atoms with E-state index in [4.69, 9.17) is 0 Å². The molecule has 3 nitrogen and oxygen atoms in total. The molecular weight excluding hydrogens is 226 g/mol. The molecule has 0 aromatic carbocycles. The molecule has 1 heterocycles. The van der Waals surface area contributed by atoms with E-state index in [1.807, 2.05) is 6.92 Å². The fraction of sp³-hybridized carbons (Fsp3) is 0.933. The summed E-state index contributed by atoms with van der Waals surface area (Å²) in [5.41, 5.74) is -0.116. The third-order valence-electron chi connectivity index (χ3n) is 4.90. The molecule has 1 N–H and O–H groups in total. The third-order valence-corrected chi connectivity index (χ3v) is 4.90. The molecule has 0 spiro atoms. The van der Waals surface area contributed by atoms with Crippen molar-refractivity contribution < 1.29 is 9.90 Å². The Labute approximate surface area is 111 Å². The molecule has 18 heavy (non-hydrogen) atoms. The lowest BCUT2D eigenvalue weighted by Crippen LogP contribution is -2.43. The first-order chi connectivity index (χ1) is 8.22. The van der Waals surface area contributed by atoms with Crippen molar-refractivity contribution in [2.75, 3.05) is 13.1 Å². The first-order valence-electron chi connectivity index (χ1n) is 7.19. The van der Waals surface area contributed by atoms with Crippen molar-refractivity contribution in [3.63, 3.8) is 0 Å². The fourth-order valence-corrected chi connectivity index (χ4v) is 4.06. The molecule has 0 bridgehead atoms. The molecule has 3 atom stereocenters. The van der Waals surface area contributed by atoms with E-state index in [0.29, 0.717) is 11.5 Å². The number of carboxylic acids is 1. The van der Waals surface area contributed by atoms with Gasteiger partial charge in [0.05, 0.1) is 5.41 Å². The van der Waals surface area contributed by atoms with Gasteiger partial charge in [0, 0.05) is 12.6 Å². The van der Waals surface area contributed by atoms with Crippen molar-refractivity contribution in [2.45, 2.75) is 59.4 Å². The van der Waals surface area contributed by atoms with Crippen molar-refractivity contribution >= 4 is 5.97 Å².